The number of thiophene rings is 1. The van der Waals surface area contributed by atoms with Crippen LogP contribution in [0.25, 0.3) is 15.9 Å². The van der Waals surface area contributed by atoms with Crippen LogP contribution in [0.15, 0.2) is 65.5 Å². The number of para-hydroxylation sites is 1. The first-order chi connectivity index (χ1) is 15.4. The minimum atomic E-state index is -0.848. The highest BCUT2D eigenvalue weighted by Crippen LogP contribution is 2.39. The zero-order valence-electron chi connectivity index (χ0n) is 17.1. The number of carbonyl (C=O) groups is 1. The Hall–Kier alpha value is -3.36. The molecular weight excluding hydrogens is 432 g/mol. The van der Waals surface area contributed by atoms with Crippen LogP contribution in [0.4, 0.5) is 13.8 Å². The Kier molecular flexibility index (Phi) is 5.11. The first kappa shape index (κ1) is 20.5. The molecule has 162 valence electrons. The number of rotatable bonds is 5. The highest BCUT2D eigenvalue weighted by atomic mass is 32.1. The Morgan fingerprint density at radius 1 is 1.00 bits per heavy atom. The second kappa shape index (κ2) is 7.96. The maximum Gasteiger partial charge on any atom is 0.256 e. The van der Waals surface area contributed by atoms with Crippen LogP contribution in [0.3, 0.4) is 0 Å². The summed E-state index contributed by atoms with van der Waals surface area (Å²) in [5.41, 5.74) is -0.124. The fourth-order valence-corrected chi connectivity index (χ4v) is 5.31. The largest absolute Gasteiger partial charge is 0.371 e. The second-order valence-corrected chi connectivity index (χ2v) is 8.86. The van der Waals surface area contributed by atoms with E-state index in [0.717, 1.165) is 41.1 Å². The van der Waals surface area contributed by atoms with Gasteiger partial charge >= 0.3 is 0 Å². The second-order valence-electron chi connectivity index (χ2n) is 7.86. The van der Waals surface area contributed by atoms with Gasteiger partial charge in [0.05, 0.1) is 11.6 Å². The maximum atomic E-state index is 14.6. The Labute approximate surface area is 186 Å². The molecule has 2 aromatic carbocycles. The molecule has 0 bridgehead atoms. The van der Waals surface area contributed by atoms with Crippen molar-refractivity contribution in [1.29, 1.82) is 0 Å². The zero-order valence-corrected chi connectivity index (χ0v) is 18.0. The summed E-state index contributed by atoms with van der Waals surface area (Å²) < 4.78 is 30.2. The van der Waals surface area contributed by atoms with Crippen molar-refractivity contribution in [3.63, 3.8) is 0 Å². The highest BCUT2D eigenvalue weighted by Gasteiger charge is 2.29. The number of nitrogens with zero attached hydrogens (tertiary/aromatic N) is 2. The van der Waals surface area contributed by atoms with E-state index in [1.807, 2.05) is 13.1 Å². The average Bonchev–Trinajstić information content (AvgIpc) is 3.12. The van der Waals surface area contributed by atoms with Crippen molar-refractivity contribution >= 4 is 32.3 Å². The lowest BCUT2D eigenvalue weighted by Gasteiger charge is -2.37. The molecule has 5 rings (SSSR count). The summed E-state index contributed by atoms with van der Waals surface area (Å²) >= 11 is 1.16. The number of pyridine rings is 1. The molecule has 0 radical (unpaired) electrons. The van der Waals surface area contributed by atoms with E-state index >= 15 is 0 Å². The zero-order chi connectivity index (χ0) is 22.4. The van der Waals surface area contributed by atoms with E-state index in [1.165, 1.54) is 12.1 Å². The Bertz CT molecular complexity index is 1370. The SMILES string of the molecule is CN1CC(Nc2sc3c(ccc(=O)n3-c3c(F)cccc3F)c2C(=O)c2ccccc2)C1. The van der Waals surface area contributed by atoms with E-state index in [4.69, 9.17) is 0 Å². The van der Waals surface area contributed by atoms with Gasteiger partial charge in [0.25, 0.3) is 5.56 Å². The number of fused-ring (bicyclic) bond motifs is 1. The van der Waals surface area contributed by atoms with E-state index in [0.29, 0.717) is 26.3 Å². The van der Waals surface area contributed by atoms with Gasteiger partial charge in [0, 0.05) is 30.1 Å². The normalized spacial score (nSPS) is 14.5. The number of halogens is 2. The van der Waals surface area contributed by atoms with E-state index in [9.17, 15) is 18.4 Å². The fourth-order valence-electron chi connectivity index (χ4n) is 4.03. The third-order valence-corrected chi connectivity index (χ3v) is 6.69. The van der Waals surface area contributed by atoms with Crippen LogP contribution in [-0.4, -0.2) is 41.4 Å². The summed E-state index contributed by atoms with van der Waals surface area (Å²) in [5, 5.41) is 4.46. The van der Waals surface area contributed by atoms with Gasteiger partial charge in [-0.3, -0.25) is 14.2 Å². The van der Waals surface area contributed by atoms with Crippen LogP contribution < -0.4 is 10.9 Å². The molecule has 4 aromatic rings. The average molecular weight is 451 g/mol. The molecule has 0 spiro atoms. The lowest BCUT2D eigenvalue weighted by Crippen LogP contribution is -2.52. The molecule has 1 N–H and O–H groups in total. The van der Waals surface area contributed by atoms with Crippen LogP contribution in [0.5, 0.6) is 0 Å². The number of nitrogens with one attached hydrogen (secondary N) is 1. The van der Waals surface area contributed by atoms with Crippen molar-refractivity contribution in [2.75, 3.05) is 25.5 Å². The smallest absolute Gasteiger partial charge is 0.256 e. The van der Waals surface area contributed by atoms with Crippen molar-refractivity contribution < 1.29 is 13.6 Å². The third-order valence-electron chi connectivity index (χ3n) is 5.57. The van der Waals surface area contributed by atoms with E-state index < -0.39 is 22.9 Å². The molecule has 0 unspecified atom stereocenters. The molecule has 0 saturated carbocycles. The number of aromatic nitrogens is 1. The van der Waals surface area contributed by atoms with Crippen LogP contribution in [-0.2, 0) is 0 Å². The summed E-state index contributed by atoms with van der Waals surface area (Å²) in [6.07, 6.45) is 0. The lowest BCUT2D eigenvalue weighted by molar-refractivity contribution is 0.104. The van der Waals surface area contributed by atoms with Gasteiger partial charge in [0.15, 0.2) is 5.78 Å². The van der Waals surface area contributed by atoms with Gasteiger partial charge in [-0.05, 0) is 25.2 Å². The Morgan fingerprint density at radius 2 is 1.69 bits per heavy atom. The summed E-state index contributed by atoms with van der Waals surface area (Å²) in [4.78, 5) is 28.7. The fraction of sp³-hybridized carbons (Fsp3) is 0.167. The molecule has 2 aromatic heterocycles. The molecular formula is C24H19F2N3O2S. The molecule has 1 aliphatic heterocycles. The van der Waals surface area contributed by atoms with E-state index in [-0.39, 0.29) is 11.8 Å². The Morgan fingerprint density at radius 3 is 2.34 bits per heavy atom. The molecule has 8 heteroatoms. The first-order valence-corrected chi connectivity index (χ1v) is 10.9. The van der Waals surface area contributed by atoms with Gasteiger partial charge < -0.3 is 10.2 Å². The van der Waals surface area contributed by atoms with E-state index in [2.05, 4.69) is 10.2 Å². The molecule has 1 fully saturated rings. The van der Waals surface area contributed by atoms with Gasteiger partial charge in [-0.15, -0.1) is 0 Å². The van der Waals surface area contributed by atoms with Crippen LogP contribution >= 0.6 is 11.3 Å². The molecule has 32 heavy (non-hydrogen) atoms. The van der Waals surface area contributed by atoms with Crippen molar-refractivity contribution in [3.05, 3.63) is 93.8 Å². The number of likely N-dealkylation sites (N-methyl/N-ethyl adjacent to an activating group) is 1. The number of likely N-dealkylation sites (tertiary alicyclic amines) is 1. The highest BCUT2D eigenvalue weighted by molar-refractivity contribution is 7.23. The summed E-state index contributed by atoms with van der Waals surface area (Å²) in [6.45, 7) is 1.61. The number of hydrogen-bond donors (Lipinski definition) is 1. The number of benzene rings is 2. The number of anilines is 1. The minimum absolute atomic E-state index is 0.140. The molecule has 3 heterocycles. The summed E-state index contributed by atoms with van der Waals surface area (Å²) in [7, 11) is 2.00. The van der Waals surface area contributed by atoms with Gasteiger partial charge in [-0.25, -0.2) is 8.78 Å². The van der Waals surface area contributed by atoms with Crippen molar-refractivity contribution in [1.82, 2.24) is 9.47 Å². The van der Waals surface area contributed by atoms with Crippen molar-refractivity contribution in [2.45, 2.75) is 6.04 Å². The molecule has 1 aliphatic rings. The maximum absolute atomic E-state index is 14.6. The van der Waals surface area contributed by atoms with Gasteiger partial charge in [-0.1, -0.05) is 47.7 Å². The third kappa shape index (κ3) is 3.41. The standard InChI is InChI=1S/C24H19F2N3O2S/c1-28-12-15(13-28)27-23-20(22(31)14-6-3-2-4-7-14)16-10-11-19(30)29(24(16)32-23)21-17(25)8-5-9-18(21)26/h2-11,15,27H,12-13H2,1H3. The summed E-state index contributed by atoms with van der Waals surface area (Å²) in [5.74, 6) is -1.91. The number of ketones is 1. The van der Waals surface area contributed by atoms with Crippen molar-refractivity contribution in [3.8, 4) is 5.69 Å². The predicted octanol–water partition coefficient (Wildman–Crippen LogP) is 4.29. The van der Waals surface area contributed by atoms with Gasteiger partial charge in [-0.2, -0.15) is 0 Å². The van der Waals surface area contributed by atoms with Crippen LogP contribution in [0.1, 0.15) is 15.9 Å². The van der Waals surface area contributed by atoms with Crippen LogP contribution in [0, 0.1) is 11.6 Å². The first-order valence-electron chi connectivity index (χ1n) is 10.1. The molecule has 0 atom stereocenters. The topological polar surface area (TPSA) is 54.3 Å². The number of carbonyl (C=O) groups excluding carboxylic acids is 1. The van der Waals surface area contributed by atoms with Gasteiger partial charge in [0.2, 0.25) is 0 Å². The molecule has 0 amide bonds. The van der Waals surface area contributed by atoms with Crippen LogP contribution in [0.2, 0.25) is 0 Å². The lowest BCUT2D eigenvalue weighted by atomic mass is 10.0. The molecule has 0 aliphatic carbocycles. The van der Waals surface area contributed by atoms with E-state index in [1.54, 1.807) is 30.3 Å². The molecule has 5 nitrogen and oxygen atoms in total. The minimum Gasteiger partial charge on any atom is -0.371 e. The Balaban J connectivity index is 1.76. The predicted molar refractivity (Wildman–Crippen MR) is 122 cm³/mol. The monoisotopic (exact) mass is 451 g/mol. The molecule has 1 saturated heterocycles. The summed E-state index contributed by atoms with van der Waals surface area (Å²) in [6, 6.07) is 15.2. The number of hydrogen-bond acceptors (Lipinski definition) is 5. The quantitative estimate of drug-likeness (QED) is 0.460. The van der Waals surface area contributed by atoms with Crippen molar-refractivity contribution in [2.24, 2.45) is 0 Å². The van der Waals surface area contributed by atoms with Gasteiger partial charge in [0.1, 0.15) is 27.2 Å².